The van der Waals surface area contributed by atoms with Crippen LogP contribution in [0.4, 0.5) is 11.4 Å². The number of nitrogens with one attached hydrogen (secondary N) is 2. The van der Waals surface area contributed by atoms with Crippen molar-refractivity contribution in [2.45, 2.75) is 11.3 Å². The van der Waals surface area contributed by atoms with Gasteiger partial charge in [0.05, 0.1) is 4.90 Å². The van der Waals surface area contributed by atoms with Crippen molar-refractivity contribution in [1.82, 2.24) is 0 Å². The molecular formula is C14H17N3O3S. The van der Waals surface area contributed by atoms with Gasteiger partial charge >= 0.3 is 0 Å². The highest BCUT2D eigenvalue weighted by Crippen LogP contribution is 2.18. The van der Waals surface area contributed by atoms with Crippen molar-refractivity contribution in [2.75, 3.05) is 16.8 Å². The minimum absolute atomic E-state index is 0.0621. The van der Waals surface area contributed by atoms with Crippen molar-refractivity contribution in [1.29, 1.82) is 0 Å². The fourth-order valence-corrected chi connectivity index (χ4v) is 2.87. The van der Waals surface area contributed by atoms with E-state index >= 15 is 0 Å². The Balaban J connectivity index is 2.16. The minimum Gasteiger partial charge on any atom is -0.396 e. The molecule has 0 aliphatic carbocycles. The molecule has 7 heteroatoms. The van der Waals surface area contributed by atoms with Crippen LogP contribution in [0.1, 0.15) is 5.56 Å². The normalized spacial score (nSPS) is 11.1. The van der Waals surface area contributed by atoms with E-state index in [4.69, 9.17) is 10.9 Å². The van der Waals surface area contributed by atoms with E-state index in [-0.39, 0.29) is 11.5 Å². The Bertz CT molecular complexity index is 682. The molecule has 2 aromatic rings. The number of aliphatic hydroxyl groups is 1. The Morgan fingerprint density at radius 3 is 2.05 bits per heavy atom. The molecule has 0 heterocycles. The van der Waals surface area contributed by atoms with Crippen LogP contribution in [0.3, 0.4) is 0 Å². The number of nitrogens with two attached hydrogens (primary N) is 1. The molecule has 0 saturated heterocycles. The van der Waals surface area contributed by atoms with Crippen LogP contribution in [-0.2, 0) is 16.4 Å². The zero-order valence-electron chi connectivity index (χ0n) is 11.3. The van der Waals surface area contributed by atoms with E-state index in [0.717, 1.165) is 5.56 Å². The maximum atomic E-state index is 12.2. The molecule has 2 aromatic carbocycles. The van der Waals surface area contributed by atoms with Gasteiger partial charge < -0.3 is 10.5 Å². The number of aliphatic hydroxyl groups excluding tert-OH is 1. The Labute approximate surface area is 123 Å². The molecule has 0 aliphatic rings. The van der Waals surface area contributed by atoms with Gasteiger partial charge in [-0.1, -0.05) is 12.1 Å². The predicted molar refractivity (Wildman–Crippen MR) is 82.3 cm³/mol. The number of hydrogen-bond donors (Lipinski definition) is 4. The molecule has 0 amide bonds. The fraction of sp³-hybridized carbons (Fsp3) is 0.143. The van der Waals surface area contributed by atoms with Crippen molar-refractivity contribution in [3.05, 3.63) is 54.1 Å². The molecule has 2 rings (SSSR count). The average Bonchev–Trinajstić information content (AvgIpc) is 2.49. The first-order chi connectivity index (χ1) is 10.0. The van der Waals surface area contributed by atoms with E-state index in [2.05, 4.69) is 10.1 Å². The zero-order valence-corrected chi connectivity index (χ0v) is 12.1. The molecule has 5 N–H and O–H groups in total. The number of hydrazine groups is 1. The average molecular weight is 307 g/mol. The van der Waals surface area contributed by atoms with Crippen molar-refractivity contribution >= 4 is 21.4 Å². The number of hydrogen-bond acceptors (Lipinski definition) is 5. The summed E-state index contributed by atoms with van der Waals surface area (Å²) in [5.74, 6) is 5.24. The van der Waals surface area contributed by atoms with Gasteiger partial charge in [0.1, 0.15) is 0 Å². The van der Waals surface area contributed by atoms with Crippen LogP contribution in [0.15, 0.2) is 53.4 Å². The molecule has 0 fully saturated rings. The molecule has 0 atom stereocenters. The van der Waals surface area contributed by atoms with Crippen LogP contribution < -0.4 is 16.0 Å². The summed E-state index contributed by atoms with van der Waals surface area (Å²) in [5, 5.41) is 8.84. The van der Waals surface area contributed by atoms with Crippen LogP contribution >= 0.6 is 0 Å². The molecule has 0 unspecified atom stereocenters. The third-order valence-corrected chi connectivity index (χ3v) is 4.34. The first-order valence-corrected chi connectivity index (χ1v) is 7.83. The largest absolute Gasteiger partial charge is 0.396 e. The van der Waals surface area contributed by atoms with Crippen molar-refractivity contribution in [3.63, 3.8) is 0 Å². The van der Waals surface area contributed by atoms with E-state index in [1.165, 1.54) is 12.1 Å². The molecular weight excluding hydrogens is 290 g/mol. The highest BCUT2D eigenvalue weighted by atomic mass is 32.2. The third kappa shape index (κ3) is 3.94. The lowest BCUT2D eigenvalue weighted by atomic mass is 10.1. The summed E-state index contributed by atoms with van der Waals surface area (Å²) in [6.07, 6.45) is 0.542. The van der Waals surface area contributed by atoms with Gasteiger partial charge in [0.15, 0.2) is 0 Å². The zero-order chi connectivity index (χ0) is 15.3. The van der Waals surface area contributed by atoms with Crippen LogP contribution in [-0.4, -0.2) is 20.1 Å². The molecule has 112 valence electrons. The van der Waals surface area contributed by atoms with Crippen LogP contribution in [0, 0.1) is 0 Å². The molecule has 0 saturated carbocycles. The second-order valence-electron chi connectivity index (χ2n) is 4.44. The number of rotatable bonds is 6. The lowest BCUT2D eigenvalue weighted by Crippen LogP contribution is -2.13. The lowest BCUT2D eigenvalue weighted by molar-refractivity contribution is 0.299. The second kappa shape index (κ2) is 6.57. The third-order valence-electron chi connectivity index (χ3n) is 2.94. The summed E-state index contributed by atoms with van der Waals surface area (Å²) in [6.45, 7) is 0.0621. The topological polar surface area (TPSA) is 104 Å². The van der Waals surface area contributed by atoms with Crippen LogP contribution in [0.2, 0.25) is 0 Å². The highest BCUT2D eigenvalue weighted by molar-refractivity contribution is 7.92. The van der Waals surface area contributed by atoms with Gasteiger partial charge in [-0.2, -0.15) is 0 Å². The second-order valence-corrected chi connectivity index (χ2v) is 6.13. The summed E-state index contributed by atoms with van der Waals surface area (Å²) in [4.78, 5) is 0.154. The quantitative estimate of drug-likeness (QED) is 0.476. The Morgan fingerprint density at radius 1 is 0.952 bits per heavy atom. The molecule has 0 radical (unpaired) electrons. The van der Waals surface area contributed by atoms with Crippen molar-refractivity contribution in [2.24, 2.45) is 5.84 Å². The van der Waals surface area contributed by atoms with Gasteiger partial charge in [-0.05, 0) is 48.4 Å². The number of nitrogen functional groups attached to an aromatic ring is 1. The summed E-state index contributed by atoms with van der Waals surface area (Å²) < 4.78 is 26.9. The first-order valence-electron chi connectivity index (χ1n) is 6.34. The van der Waals surface area contributed by atoms with E-state index in [0.29, 0.717) is 17.8 Å². The Hall–Kier alpha value is -2.09. The lowest BCUT2D eigenvalue weighted by Gasteiger charge is -2.09. The Morgan fingerprint density at radius 2 is 1.52 bits per heavy atom. The first kappa shape index (κ1) is 15.3. The summed E-state index contributed by atoms with van der Waals surface area (Å²) in [6, 6.07) is 13.0. The van der Waals surface area contributed by atoms with E-state index in [1.807, 2.05) is 0 Å². The predicted octanol–water partition coefficient (Wildman–Crippen LogP) is 1.31. The van der Waals surface area contributed by atoms with Crippen molar-refractivity contribution in [3.8, 4) is 0 Å². The fourth-order valence-electron chi connectivity index (χ4n) is 1.81. The Kier molecular flexibility index (Phi) is 4.79. The molecule has 0 aliphatic heterocycles. The minimum atomic E-state index is -3.63. The SMILES string of the molecule is NNc1ccc(S(=O)(=O)Nc2ccc(CCO)cc2)cc1. The summed E-state index contributed by atoms with van der Waals surface area (Å²) in [5.41, 5.74) is 4.48. The van der Waals surface area contributed by atoms with Crippen LogP contribution in [0.5, 0.6) is 0 Å². The summed E-state index contributed by atoms with van der Waals surface area (Å²) in [7, 11) is -3.63. The van der Waals surface area contributed by atoms with Gasteiger partial charge in [-0.3, -0.25) is 10.6 Å². The number of sulfonamides is 1. The maximum absolute atomic E-state index is 12.2. The monoisotopic (exact) mass is 307 g/mol. The molecule has 6 nitrogen and oxygen atoms in total. The number of anilines is 2. The molecule has 0 aromatic heterocycles. The van der Waals surface area contributed by atoms with E-state index in [1.54, 1.807) is 36.4 Å². The smallest absolute Gasteiger partial charge is 0.261 e. The standard InChI is InChI=1S/C14H17N3O3S/c15-16-12-5-7-14(8-6-12)21(19,20)17-13-3-1-11(2-4-13)9-10-18/h1-8,16-18H,9-10,15H2. The van der Waals surface area contributed by atoms with Gasteiger partial charge in [0.2, 0.25) is 0 Å². The van der Waals surface area contributed by atoms with E-state index in [9.17, 15) is 8.42 Å². The van der Waals surface area contributed by atoms with Gasteiger partial charge in [0.25, 0.3) is 10.0 Å². The van der Waals surface area contributed by atoms with E-state index < -0.39 is 10.0 Å². The molecule has 21 heavy (non-hydrogen) atoms. The van der Waals surface area contributed by atoms with Gasteiger partial charge in [0, 0.05) is 18.0 Å². The maximum Gasteiger partial charge on any atom is 0.261 e. The molecule has 0 spiro atoms. The van der Waals surface area contributed by atoms with Crippen molar-refractivity contribution < 1.29 is 13.5 Å². The van der Waals surface area contributed by atoms with Crippen LogP contribution in [0.25, 0.3) is 0 Å². The van der Waals surface area contributed by atoms with Gasteiger partial charge in [-0.25, -0.2) is 8.42 Å². The number of benzene rings is 2. The highest BCUT2D eigenvalue weighted by Gasteiger charge is 2.13. The molecule has 0 bridgehead atoms. The summed E-state index contributed by atoms with van der Waals surface area (Å²) >= 11 is 0. The van der Waals surface area contributed by atoms with Gasteiger partial charge in [-0.15, -0.1) is 0 Å².